The average molecular weight is 423 g/mol. The maximum Gasteiger partial charge on any atom is 0.416 e. The van der Waals surface area contributed by atoms with Crippen molar-refractivity contribution in [2.45, 2.75) is 6.18 Å². The van der Waals surface area contributed by atoms with Crippen LogP contribution in [0, 0.1) is 0 Å². The fourth-order valence-electron chi connectivity index (χ4n) is 3.35. The molecule has 0 unspecified atom stereocenters. The van der Waals surface area contributed by atoms with Gasteiger partial charge in [0.2, 0.25) is 5.91 Å². The van der Waals surface area contributed by atoms with Crippen molar-refractivity contribution in [3.63, 3.8) is 0 Å². The monoisotopic (exact) mass is 423 g/mol. The van der Waals surface area contributed by atoms with E-state index in [1.54, 1.807) is 24.3 Å². The van der Waals surface area contributed by atoms with E-state index in [-0.39, 0.29) is 12.5 Å². The normalized spacial score (nSPS) is 15.0. The summed E-state index contributed by atoms with van der Waals surface area (Å²) in [6.07, 6.45) is -4.36. The molecule has 0 aliphatic carbocycles. The minimum absolute atomic E-state index is 0.177. The van der Waals surface area contributed by atoms with Crippen LogP contribution in [0.3, 0.4) is 0 Å². The fraction of sp³-hybridized carbons (Fsp3) is 0.381. The third-order valence-electron chi connectivity index (χ3n) is 4.96. The molecule has 6 nitrogen and oxygen atoms in total. The Hall–Kier alpha value is -2.94. The van der Waals surface area contributed by atoms with Gasteiger partial charge in [-0.05, 0) is 30.3 Å². The van der Waals surface area contributed by atoms with Gasteiger partial charge >= 0.3 is 6.18 Å². The van der Waals surface area contributed by atoms with Gasteiger partial charge in [0, 0.05) is 37.9 Å². The van der Waals surface area contributed by atoms with Crippen molar-refractivity contribution in [2.75, 3.05) is 57.2 Å². The maximum atomic E-state index is 12.9. The van der Waals surface area contributed by atoms with Gasteiger partial charge in [-0.3, -0.25) is 9.69 Å². The molecule has 1 N–H and O–H groups in total. The second-order valence-electron chi connectivity index (χ2n) is 6.93. The Balaban J connectivity index is 1.56. The van der Waals surface area contributed by atoms with E-state index in [0.29, 0.717) is 49.1 Å². The summed E-state index contributed by atoms with van der Waals surface area (Å²) in [6.45, 7) is 2.39. The Bertz CT molecular complexity index is 881. The van der Waals surface area contributed by atoms with E-state index in [1.807, 2.05) is 9.80 Å². The summed E-state index contributed by atoms with van der Waals surface area (Å²) in [4.78, 5) is 16.3. The van der Waals surface area contributed by atoms with Gasteiger partial charge in [0.25, 0.3) is 0 Å². The van der Waals surface area contributed by atoms with Gasteiger partial charge in [-0.2, -0.15) is 13.2 Å². The lowest BCUT2D eigenvalue weighted by Gasteiger charge is -2.36. The molecule has 30 heavy (non-hydrogen) atoms. The molecule has 1 aliphatic heterocycles. The molecule has 2 aromatic rings. The van der Waals surface area contributed by atoms with E-state index in [1.165, 1.54) is 20.3 Å². The van der Waals surface area contributed by atoms with Crippen LogP contribution >= 0.6 is 0 Å². The summed E-state index contributed by atoms with van der Waals surface area (Å²) in [5, 5.41) is 2.83. The first-order valence-electron chi connectivity index (χ1n) is 9.46. The number of piperazine rings is 1. The Labute approximate surface area is 173 Å². The average Bonchev–Trinajstić information content (AvgIpc) is 2.73. The van der Waals surface area contributed by atoms with E-state index in [9.17, 15) is 18.0 Å². The first-order valence-corrected chi connectivity index (χ1v) is 9.46. The van der Waals surface area contributed by atoms with Crippen molar-refractivity contribution in [1.82, 2.24) is 4.90 Å². The van der Waals surface area contributed by atoms with E-state index >= 15 is 0 Å². The number of alkyl halides is 3. The highest BCUT2D eigenvalue weighted by Gasteiger charge is 2.31. The first kappa shape index (κ1) is 21.8. The number of hydrogen-bond acceptors (Lipinski definition) is 5. The number of amides is 1. The molecule has 2 aromatic carbocycles. The van der Waals surface area contributed by atoms with Crippen molar-refractivity contribution >= 4 is 17.3 Å². The second-order valence-corrected chi connectivity index (χ2v) is 6.93. The Morgan fingerprint density at radius 2 is 1.77 bits per heavy atom. The number of nitrogens with zero attached hydrogens (tertiary/aromatic N) is 2. The minimum Gasteiger partial charge on any atom is -0.497 e. The number of hydrogen-bond donors (Lipinski definition) is 1. The molecule has 3 rings (SSSR count). The molecule has 9 heteroatoms. The van der Waals surface area contributed by atoms with Crippen LogP contribution < -0.4 is 19.7 Å². The van der Waals surface area contributed by atoms with E-state index < -0.39 is 11.7 Å². The molecule has 0 aromatic heterocycles. The summed E-state index contributed by atoms with van der Waals surface area (Å²) in [6, 6.07) is 10.5. The quantitative estimate of drug-likeness (QED) is 0.771. The number of ether oxygens (including phenoxy) is 2. The van der Waals surface area contributed by atoms with E-state index in [2.05, 4.69) is 5.32 Å². The van der Waals surface area contributed by atoms with Crippen molar-refractivity contribution in [3.8, 4) is 11.5 Å². The van der Waals surface area contributed by atoms with Gasteiger partial charge in [0.1, 0.15) is 11.5 Å². The van der Waals surface area contributed by atoms with Gasteiger partial charge < -0.3 is 19.7 Å². The first-order chi connectivity index (χ1) is 14.3. The van der Waals surface area contributed by atoms with E-state index in [0.717, 1.165) is 12.1 Å². The Kier molecular flexibility index (Phi) is 6.71. The van der Waals surface area contributed by atoms with Crippen LogP contribution in [-0.2, 0) is 11.0 Å². The molecule has 1 fully saturated rings. The molecule has 1 aliphatic rings. The zero-order chi connectivity index (χ0) is 21.7. The third-order valence-corrected chi connectivity index (χ3v) is 4.96. The predicted octanol–water partition coefficient (Wildman–Crippen LogP) is 3.48. The van der Waals surface area contributed by atoms with Crippen LogP contribution in [0.2, 0.25) is 0 Å². The molecule has 0 radical (unpaired) electrons. The smallest absolute Gasteiger partial charge is 0.416 e. The van der Waals surface area contributed by atoms with Crippen molar-refractivity contribution in [3.05, 3.63) is 48.0 Å². The molecule has 1 saturated heterocycles. The highest BCUT2D eigenvalue weighted by atomic mass is 19.4. The highest BCUT2D eigenvalue weighted by molar-refractivity contribution is 5.94. The summed E-state index contributed by atoms with van der Waals surface area (Å²) < 4.78 is 49.2. The molecule has 1 amide bonds. The van der Waals surface area contributed by atoms with E-state index in [4.69, 9.17) is 9.47 Å². The molecule has 0 atom stereocenters. The number of methoxy groups -OCH3 is 2. The summed E-state index contributed by atoms with van der Waals surface area (Å²) in [5.74, 6) is 0.924. The van der Waals surface area contributed by atoms with Crippen LogP contribution in [0.4, 0.5) is 24.5 Å². The largest absolute Gasteiger partial charge is 0.497 e. The fourth-order valence-corrected chi connectivity index (χ4v) is 3.35. The number of benzene rings is 2. The summed E-state index contributed by atoms with van der Waals surface area (Å²) >= 11 is 0. The summed E-state index contributed by atoms with van der Waals surface area (Å²) in [7, 11) is 3.06. The minimum atomic E-state index is -4.36. The van der Waals surface area contributed by atoms with Crippen LogP contribution in [0.1, 0.15) is 5.56 Å². The topological polar surface area (TPSA) is 54.0 Å². The summed E-state index contributed by atoms with van der Waals surface area (Å²) in [5.41, 5.74) is 0.397. The molecule has 0 saturated carbocycles. The van der Waals surface area contributed by atoms with Gasteiger partial charge in [-0.25, -0.2) is 0 Å². The third kappa shape index (κ3) is 5.35. The van der Waals surface area contributed by atoms with Gasteiger partial charge in [0.15, 0.2) is 0 Å². The van der Waals surface area contributed by atoms with Crippen molar-refractivity contribution in [2.24, 2.45) is 0 Å². The lowest BCUT2D eigenvalue weighted by molar-refractivity contribution is -0.137. The van der Waals surface area contributed by atoms with Gasteiger partial charge in [-0.1, -0.05) is 6.07 Å². The number of nitrogens with one attached hydrogen (secondary N) is 1. The molecular weight excluding hydrogens is 399 g/mol. The number of halogens is 3. The van der Waals surface area contributed by atoms with Gasteiger partial charge in [0.05, 0.1) is 32.0 Å². The van der Waals surface area contributed by atoms with Crippen LogP contribution in [-0.4, -0.2) is 57.8 Å². The maximum absolute atomic E-state index is 12.9. The molecule has 162 valence electrons. The number of rotatable bonds is 6. The number of anilines is 2. The highest BCUT2D eigenvalue weighted by Crippen LogP contribution is 2.32. The zero-order valence-corrected chi connectivity index (χ0v) is 16.8. The SMILES string of the molecule is COc1ccc(OC)c(NC(=O)CN2CCN(c3cccc(C(F)(F)F)c3)CC2)c1. The zero-order valence-electron chi connectivity index (χ0n) is 16.8. The molecule has 0 spiro atoms. The Morgan fingerprint density at radius 3 is 2.40 bits per heavy atom. The van der Waals surface area contributed by atoms with Crippen LogP contribution in [0.15, 0.2) is 42.5 Å². The standard InChI is InChI=1S/C21H24F3N3O3/c1-29-17-6-7-19(30-2)18(13-17)25-20(28)14-26-8-10-27(11-9-26)16-5-3-4-15(12-16)21(22,23)24/h3-7,12-13H,8-11,14H2,1-2H3,(H,25,28). The molecular formula is C21H24F3N3O3. The molecule has 0 bridgehead atoms. The van der Waals surface area contributed by atoms with Crippen molar-refractivity contribution in [1.29, 1.82) is 0 Å². The van der Waals surface area contributed by atoms with Crippen molar-refractivity contribution < 1.29 is 27.4 Å². The molecule has 1 heterocycles. The Morgan fingerprint density at radius 1 is 1.03 bits per heavy atom. The lowest BCUT2D eigenvalue weighted by Crippen LogP contribution is -2.48. The van der Waals surface area contributed by atoms with Crippen LogP contribution in [0.5, 0.6) is 11.5 Å². The van der Waals surface area contributed by atoms with Gasteiger partial charge in [-0.15, -0.1) is 0 Å². The van der Waals surface area contributed by atoms with Crippen LogP contribution in [0.25, 0.3) is 0 Å². The number of carbonyl (C=O) groups excluding carboxylic acids is 1. The number of carbonyl (C=O) groups is 1. The second kappa shape index (κ2) is 9.25. The lowest BCUT2D eigenvalue weighted by atomic mass is 10.1. The predicted molar refractivity (Wildman–Crippen MR) is 108 cm³/mol.